The molecule has 0 saturated heterocycles. The molecule has 6 aromatic carbocycles. The van der Waals surface area contributed by atoms with Gasteiger partial charge in [0.15, 0.2) is 0 Å². The molecule has 4 nitrogen and oxygen atoms in total. The highest BCUT2D eigenvalue weighted by Crippen LogP contribution is 2.40. The Morgan fingerprint density at radius 2 is 1.25 bits per heavy atom. The summed E-state index contributed by atoms with van der Waals surface area (Å²) in [5.74, 6) is 1.11. The van der Waals surface area contributed by atoms with E-state index in [0.717, 1.165) is 66.2 Å². The van der Waals surface area contributed by atoms with Crippen LogP contribution in [-0.2, 0) is 0 Å². The van der Waals surface area contributed by atoms with E-state index in [1.807, 2.05) is 30.3 Å². The Bertz CT molecular complexity index is 2230. The number of aromatic hydroxyl groups is 1. The zero-order valence-electron chi connectivity index (χ0n) is 21.5. The van der Waals surface area contributed by atoms with Crippen LogP contribution in [0.25, 0.3) is 71.7 Å². The smallest absolute Gasteiger partial charge is 0.146 e. The third kappa shape index (κ3) is 3.40. The summed E-state index contributed by atoms with van der Waals surface area (Å²) in [4.78, 5) is 9.56. The number of aromatic nitrogens is 3. The largest absolute Gasteiger partial charge is 0.506 e. The van der Waals surface area contributed by atoms with Gasteiger partial charge in [-0.1, -0.05) is 72.8 Å². The first-order valence-corrected chi connectivity index (χ1v) is 13.3. The van der Waals surface area contributed by atoms with Crippen molar-refractivity contribution in [2.24, 2.45) is 0 Å². The maximum atomic E-state index is 10.4. The Hall–Kier alpha value is -5.48. The molecule has 0 aliphatic rings. The van der Waals surface area contributed by atoms with E-state index in [2.05, 4.69) is 101 Å². The van der Waals surface area contributed by atoms with Crippen molar-refractivity contribution >= 4 is 43.5 Å². The van der Waals surface area contributed by atoms with Crippen molar-refractivity contribution in [3.05, 3.63) is 134 Å². The highest BCUT2D eigenvalue weighted by Gasteiger charge is 2.17. The number of para-hydroxylation sites is 3. The van der Waals surface area contributed by atoms with Crippen LogP contribution >= 0.6 is 0 Å². The third-order valence-electron chi connectivity index (χ3n) is 7.73. The van der Waals surface area contributed by atoms with Gasteiger partial charge in [-0.3, -0.25) is 9.55 Å². The van der Waals surface area contributed by atoms with Crippen LogP contribution in [0.1, 0.15) is 0 Å². The van der Waals surface area contributed by atoms with Crippen molar-refractivity contribution < 1.29 is 5.11 Å². The number of nitrogens with zero attached hydrogens (tertiary/aromatic N) is 3. The molecule has 0 radical (unpaired) electrons. The molecule has 0 amide bonds. The van der Waals surface area contributed by atoms with Crippen LogP contribution in [-0.4, -0.2) is 19.6 Å². The predicted octanol–water partition coefficient (Wildman–Crippen LogP) is 8.92. The zero-order chi connectivity index (χ0) is 26.6. The average Bonchev–Trinajstić information content (AvgIpc) is 3.40. The van der Waals surface area contributed by atoms with Crippen LogP contribution in [0.3, 0.4) is 0 Å². The number of pyridine rings is 1. The molecule has 0 saturated carbocycles. The molecule has 40 heavy (non-hydrogen) atoms. The van der Waals surface area contributed by atoms with Crippen molar-refractivity contribution in [3.63, 3.8) is 0 Å². The maximum absolute atomic E-state index is 10.4. The number of imidazole rings is 1. The van der Waals surface area contributed by atoms with Crippen LogP contribution in [0, 0.1) is 0 Å². The summed E-state index contributed by atoms with van der Waals surface area (Å²) in [6, 6.07) is 43.8. The van der Waals surface area contributed by atoms with Crippen molar-refractivity contribution in [2.45, 2.75) is 0 Å². The molecule has 2 aromatic heterocycles. The fourth-order valence-corrected chi connectivity index (χ4v) is 5.92. The number of benzene rings is 6. The van der Waals surface area contributed by atoms with E-state index in [9.17, 15) is 5.11 Å². The minimum Gasteiger partial charge on any atom is -0.506 e. The Balaban J connectivity index is 1.40. The standard InChI is InChI=1S/C36H23N3O/c40-34-19-18-27(28-15-8-20-37-35(28)34)26-13-6-9-23-22-31-24(21-30(23)26)10-7-14-29(31)36-38-32-16-4-5-17-33(32)39(36)25-11-2-1-3-12-25/h1-22,40H. The molecule has 0 bridgehead atoms. The van der Waals surface area contributed by atoms with E-state index in [-0.39, 0.29) is 5.75 Å². The van der Waals surface area contributed by atoms with E-state index in [1.54, 1.807) is 12.3 Å². The van der Waals surface area contributed by atoms with Gasteiger partial charge in [-0.15, -0.1) is 0 Å². The van der Waals surface area contributed by atoms with Gasteiger partial charge in [0.2, 0.25) is 0 Å². The number of fused-ring (bicyclic) bond motifs is 4. The number of hydrogen-bond donors (Lipinski definition) is 1. The van der Waals surface area contributed by atoms with E-state index < -0.39 is 0 Å². The van der Waals surface area contributed by atoms with Gasteiger partial charge >= 0.3 is 0 Å². The monoisotopic (exact) mass is 513 g/mol. The molecule has 0 atom stereocenters. The lowest BCUT2D eigenvalue weighted by atomic mass is 9.92. The summed E-state index contributed by atoms with van der Waals surface area (Å²) in [6.45, 7) is 0. The minimum absolute atomic E-state index is 0.191. The molecule has 8 rings (SSSR count). The summed E-state index contributed by atoms with van der Waals surface area (Å²) >= 11 is 0. The van der Waals surface area contributed by atoms with Crippen molar-refractivity contribution in [1.29, 1.82) is 0 Å². The van der Waals surface area contributed by atoms with E-state index in [1.165, 1.54) is 0 Å². The van der Waals surface area contributed by atoms with Gasteiger partial charge in [-0.25, -0.2) is 4.98 Å². The van der Waals surface area contributed by atoms with E-state index in [4.69, 9.17) is 4.98 Å². The molecule has 8 aromatic rings. The number of rotatable bonds is 3. The van der Waals surface area contributed by atoms with Crippen molar-refractivity contribution in [3.8, 4) is 34.0 Å². The third-order valence-corrected chi connectivity index (χ3v) is 7.73. The topological polar surface area (TPSA) is 50.9 Å². The lowest BCUT2D eigenvalue weighted by molar-refractivity contribution is 0.480. The molecule has 0 aliphatic carbocycles. The first kappa shape index (κ1) is 22.5. The highest BCUT2D eigenvalue weighted by molar-refractivity contribution is 6.11. The summed E-state index contributed by atoms with van der Waals surface area (Å²) < 4.78 is 2.25. The Labute approximate surface area is 230 Å². The fraction of sp³-hybridized carbons (Fsp3) is 0. The SMILES string of the molecule is Oc1ccc(-c2cccc3cc4c(-c5nc6ccccc6n5-c5ccccc5)cccc4cc23)c2cccnc12. The van der Waals surface area contributed by atoms with Gasteiger partial charge in [-0.05, 0) is 87.3 Å². The van der Waals surface area contributed by atoms with Crippen LogP contribution in [0.5, 0.6) is 5.75 Å². The number of phenols is 1. The fourth-order valence-electron chi connectivity index (χ4n) is 5.92. The molecule has 4 heteroatoms. The van der Waals surface area contributed by atoms with Gasteiger partial charge in [0.25, 0.3) is 0 Å². The normalized spacial score (nSPS) is 11.6. The van der Waals surface area contributed by atoms with E-state index >= 15 is 0 Å². The zero-order valence-corrected chi connectivity index (χ0v) is 21.5. The lowest BCUT2D eigenvalue weighted by Crippen LogP contribution is -1.98. The second-order valence-corrected chi connectivity index (χ2v) is 10.0. The van der Waals surface area contributed by atoms with Gasteiger partial charge < -0.3 is 5.11 Å². The first-order chi connectivity index (χ1) is 19.8. The molecule has 1 N–H and O–H groups in total. The molecule has 0 spiro atoms. The maximum Gasteiger partial charge on any atom is 0.146 e. The van der Waals surface area contributed by atoms with Crippen molar-refractivity contribution in [2.75, 3.05) is 0 Å². The van der Waals surface area contributed by atoms with Gasteiger partial charge in [0.1, 0.15) is 17.1 Å². The second-order valence-electron chi connectivity index (χ2n) is 10.0. The molecule has 0 aliphatic heterocycles. The lowest BCUT2D eigenvalue weighted by Gasteiger charge is -2.14. The Kier molecular flexibility index (Phi) is 4.94. The molecule has 2 heterocycles. The van der Waals surface area contributed by atoms with Gasteiger partial charge in [0.05, 0.1) is 11.0 Å². The Morgan fingerprint density at radius 3 is 2.08 bits per heavy atom. The van der Waals surface area contributed by atoms with Crippen LogP contribution in [0.15, 0.2) is 134 Å². The van der Waals surface area contributed by atoms with Crippen LogP contribution < -0.4 is 0 Å². The Morgan fingerprint density at radius 1 is 0.550 bits per heavy atom. The van der Waals surface area contributed by atoms with Crippen LogP contribution in [0.4, 0.5) is 0 Å². The second kappa shape index (κ2) is 8.79. The first-order valence-electron chi connectivity index (χ1n) is 13.3. The summed E-state index contributed by atoms with van der Waals surface area (Å²) in [7, 11) is 0. The summed E-state index contributed by atoms with van der Waals surface area (Å²) in [6.07, 6.45) is 1.72. The molecular formula is C36H23N3O. The average molecular weight is 514 g/mol. The number of phenolic OH excluding ortho intramolecular Hbond substituents is 1. The summed E-state index contributed by atoms with van der Waals surface area (Å²) in [5, 5.41) is 15.9. The van der Waals surface area contributed by atoms with E-state index in [0.29, 0.717) is 5.52 Å². The highest BCUT2D eigenvalue weighted by atomic mass is 16.3. The molecule has 0 unspecified atom stereocenters. The quantitative estimate of drug-likeness (QED) is 0.240. The number of hydrogen-bond acceptors (Lipinski definition) is 3. The van der Waals surface area contributed by atoms with Gasteiger partial charge in [0, 0.05) is 22.8 Å². The predicted molar refractivity (Wildman–Crippen MR) is 164 cm³/mol. The van der Waals surface area contributed by atoms with Gasteiger partial charge in [-0.2, -0.15) is 0 Å². The molecular weight excluding hydrogens is 490 g/mol. The minimum atomic E-state index is 0.191. The van der Waals surface area contributed by atoms with Crippen molar-refractivity contribution in [1.82, 2.24) is 14.5 Å². The molecule has 0 fully saturated rings. The van der Waals surface area contributed by atoms with Crippen LogP contribution in [0.2, 0.25) is 0 Å². The summed E-state index contributed by atoms with van der Waals surface area (Å²) in [5.41, 5.74) is 6.99. The molecule has 188 valence electrons.